The van der Waals surface area contributed by atoms with Crippen LogP contribution < -0.4 is 29.6 Å². The summed E-state index contributed by atoms with van der Waals surface area (Å²) in [6.07, 6.45) is -0.797. The van der Waals surface area contributed by atoms with Crippen molar-refractivity contribution in [2.75, 3.05) is 25.7 Å². The molecule has 0 bridgehead atoms. The van der Waals surface area contributed by atoms with Gasteiger partial charge in [-0.15, -0.1) is 11.8 Å². The van der Waals surface area contributed by atoms with Crippen molar-refractivity contribution < 1.29 is 100 Å². The molecule has 2 fully saturated rings. The molecule has 10 atom stereocenters. The van der Waals surface area contributed by atoms with Gasteiger partial charge in [0.1, 0.15) is 54.6 Å². The Kier molecular flexibility index (Phi) is 29.4. The van der Waals surface area contributed by atoms with Gasteiger partial charge in [-0.2, -0.15) is 6.26 Å². The van der Waals surface area contributed by atoms with E-state index in [1.54, 1.807) is 6.26 Å². The summed E-state index contributed by atoms with van der Waals surface area (Å²) in [6, 6.07) is 86.4. The summed E-state index contributed by atoms with van der Waals surface area (Å²) < 4.78 is 96.2. The predicted molar refractivity (Wildman–Crippen MR) is 394 cm³/mol. The van der Waals surface area contributed by atoms with E-state index in [-0.39, 0.29) is 88.0 Å². The second kappa shape index (κ2) is 39.3. The van der Waals surface area contributed by atoms with E-state index < -0.39 is 66.2 Å². The second-order valence-corrected chi connectivity index (χ2v) is 26.1. The summed E-state index contributed by atoms with van der Waals surface area (Å²) in [6.45, 7) is 3.09. The van der Waals surface area contributed by atoms with E-state index >= 15 is 0 Å². The van der Waals surface area contributed by atoms with Crippen molar-refractivity contribution in [3.05, 3.63) is 351 Å². The van der Waals surface area contributed by atoms with E-state index in [1.165, 1.54) is 23.9 Å². The van der Waals surface area contributed by atoms with Crippen molar-refractivity contribution in [2.45, 2.75) is 131 Å². The first kappa shape index (κ1) is 77.8. The summed E-state index contributed by atoms with van der Waals surface area (Å²) in [5.41, 5.74) is 11.2. The summed E-state index contributed by atoms with van der Waals surface area (Å²) in [4.78, 5) is 25.3. The van der Waals surface area contributed by atoms with Crippen LogP contribution in [0.25, 0.3) is 0 Å². The number of rotatable bonds is 29. The van der Waals surface area contributed by atoms with Crippen molar-refractivity contribution in [1.29, 1.82) is 0 Å². The zero-order chi connectivity index (χ0) is 71.1. The van der Waals surface area contributed by atoms with Crippen molar-refractivity contribution in [1.82, 2.24) is 0 Å². The normalized spacial score (nSPS) is 22.0. The first-order valence-corrected chi connectivity index (χ1v) is 36.5. The first-order chi connectivity index (χ1) is 50.8. The average Bonchev–Trinajstić information content (AvgIpc) is 1.54. The fraction of sp³-hybridized carbons (Fsp3) is 0.279. The summed E-state index contributed by atoms with van der Waals surface area (Å²) in [5.74, 6) is -3.60. The Morgan fingerprint density at radius 3 is 0.981 bits per heavy atom. The number of aldehydes is 2. The van der Waals surface area contributed by atoms with Crippen LogP contribution in [0, 0.1) is 5.82 Å². The monoisotopic (exact) mass is 1450 g/mol. The number of benzene rings is 10. The Hall–Kier alpha value is -7.31. The van der Waals surface area contributed by atoms with Gasteiger partial charge in [-0.25, -0.2) is 4.39 Å². The Morgan fingerprint density at radius 1 is 0.394 bits per heavy atom. The molecule has 14 nitrogen and oxygen atoms in total. The summed E-state index contributed by atoms with van der Waals surface area (Å²) in [5, 5.41) is 0. The third-order valence-corrected chi connectivity index (χ3v) is 19.2. The van der Waals surface area contributed by atoms with Gasteiger partial charge in [-0.3, -0.25) is 9.59 Å². The summed E-state index contributed by atoms with van der Waals surface area (Å²) >= 11 is 5.61. The molecule has 4 heterocycles. The minimum atomic E-state index is -1.57. The number of carbonyl (C=O) groups excluding carboxylic acids is 2. The van der Waals surface area contributed by atoms with Crippen LogP contribution in [0.4, 0.5) is 4.39 Å². The molecule has 0 aliphatic carbocycles. The molecule has 0 amide bonds. The summed E-state index contributed by atoms with van der Waals surface area (Å²) in [7, 11) is 0. The van der Waals surface area contributed by atoms with Crippen LogP contribution in [-0.2, 0) is 147 Å². The van der Waals surface area contributed by atoms with Gasteiger partial charge in [-0.1, -0.05) is 243 Å². The third-order valence-electron chi connectivity index (χ3n) is 18.4. The fourth-order valence-electron chi connectivity index (χ4n) is 13.4. The minimum Gasteiger partial charge on any atom is -0.796 e. The first-order valence-electron chi connectivity index (χ1n) is 34.4. The number of hydrogen-bond acceptors (Lipinski definition) is 16. The van der Waals surface area contributed by atoms with Crippen LogP contribution in [0.1, 0.15) is 87.5 Å². The molecule has 18 heteroatoms. The Bertz CT molecular complexity index is 4230. The van der Waals surface area contributed by atoms with Crippen LogP contribution in [0.15, 0.2) is 272 Å². The molecule has 10 aromatic rings. The van der Waals surface area contributed by atoms with E-state index in [2.05, 4.69) is 12.6 Å². The molecule has 0 N–H and O–H groups in total. The molecule has 14 rings (SSSR count). The molecular formula is C86H84FNaO14S2. The number of thioether (sulfide) groups is 1. The zero-order valence-electron chi connectivity index (χ0n) is 58.6. The van der Waals surface area contributed by atoms with E-state index in [0.29, 0.717) is 49.4 Å². The predicted octanol–water partition coefficient (Wildman–Crippen LogP) is 13.1. The molecular weight excluding hydrogens is 1360 g/mol. The zero-order valence-corrected chi connectivity index (χ0v) is 62.2. The van der Waals surface area contributed by atoms with Gasteiger partial charge in [0.25, 0.3) is 0 Å². The van der Waals surface area contributed by atoms with Crippen LogP contribution in [0.2, 0.25) is 0 Å². The number of carbonyl (C=O) groups is 2. The van der Waals surface area contributed by atoms with Gasteiger partial charge in [0, 0.05) is 21.6 Å². The fourth-order valence-corrected chi connectivity index (χ4v) is 14.0. The van der Waals surface area contributed by atoms with E-state index in [1.807, 2.05) is 261 Å². The molecule has 4 aliphatic rings. The Balaban J connectivity index is 0.000000202. The number of ether oxygens (including phenoxy) is 12. The smallest absolute Gasteiger partial charge is 0.796 e. The molecule has 10 aromatic carbocycles. The van der Waals surface area contributed by atoms with E-state index in [4.69, 9.17) is 56.8 Å². The van der Waals surface area contributed by atoms with Crippen LogP contribution >= 0.6 is 11.8 Å². The quantitative estimate of drug-likeness (QED) is 0.0189. The third kappa shape index (κ3) is 19.5. The number of halogens is 1. The van der Waals surface area contributed by atoms with Gasteiger partial charge in [-0.05, 0) is 86.2 Å². The minimum absolute atomic E-state index is 0. The van der Waals surface area contributed by atoms with Crippen molar-refractivity contribution in [2.24, 2.45) is 0 Å². The maximum Gasteiger partial charge on any atom is 1.00 e. The standard InChI is InChI=1S/C43H42O7S.C42H39FO7.CH4S.Na/c1-51-39-23-36-29-49-43(37(36)22-35(39)24-44)42(48-28-34-20-12-5-13-21-34)41(47-27-33-18-10-4-11-19-33)40(46-26-32-16-8-3-9-17-32)38(50-43)30-45-25-31-14-6-2-7-15-31;43-37-22-35-28-49-42(36(35)21-34(37)23-44)41(48-27-33-19-11-4-12-20-33)40(47-26-32-17-9-3-10-18-32)39(46-25-31-15-7-2-8-16-31)38(50-42)29-45-24-30-13-5-1-6-14-30;1-2;/h2-24,38,40-42H,25-30H2,1H3;1-23,38-41H,24-29H2;2H,1H3;/q;;;+1/p-1/t38-,40-,41+,42-,43+;38-,39-,40+,41-,42+;;/m11../s1. The van der Waals surface area contributed by atoms with Gasteiger partial charge < -0.3 is 69.5 Å². The van der Waals surface area contributed by atoms with Crippen molar-refractivity contribution in [3.8, 4) is 0 Å². The maximum absolute atomic E-state index is 15.0. The maximum atomic E-state index is 15.0. The molecule has 2 saturated heterocycles. The van der Waals surface area contributed by atoms with Crippen molar-refractivity contribution in [3.63, 3.8) is 0 Å². The molecule has 0 saturated carbocycles. The molecule has 104 heavy (non-hydrogen) atoms. The topological polar surface area (TPSA) is 145 Å². The molecule has 0 aromatic heterocycles. The SMILES string of the molecule is CSc1cc2c(cc1C=O)[C@]1(OC2)O[C@H](COCc2ccccc2)[C@@H](OCc2ccccc2)[C@H](OCc2ccccc2)[C@H]1OCc1ccccc1.C[S-].O=Cc1cc2c(cc1F)CO[C@]21O[C@H](COCc2ccccc2)[C@@H](OCc2ccccc2)[C@H](OCc2ccccc2)[C@H]1OCc1ccccc1.[Na+]. The van der Waals surface area contributed by atoms with Crippen molar-refractivity contribution >= 4 is 37.0 Å². The Morgan fingerprint density at radius 2 is 0.673 bits per heavy atom. The number of fused-ring (bicyclic) bond motifs is 4. The molecule has 4 aliphatic heterocycles. The van der Waals surface area contributed by atoms with Crippen LogP contribution in [-0.4, -0.2) is 87.1 Å². The molecule has 532 valence electrons. The van der Waals surface area contributed by atoms with Gasteiger partial charge in [0.2, 0.25) is 11.6 Å². The Labute approximate surface area is 640 Å². The van der Waals surface area contributed by atoms with Gasteiger partial charge in [0.15, 0.2) is 12.6 Å². The van der Waals surface area contributed by atoms with Crippen LogP contribution in [0.5, 0.6) is 0 Å². The van der Waals surface area contributed by atoms with E-state index in [0.717, 1.165) is 66.8 Å². The van der Waals surface area contributed by atoms with Crippen LogP contribution in [0.3, 0.4) is 0 Å². The number of hydrogen-bond donors (Lipinski definition) is 0. The molecule has 2 spiro atoms. The van der Waals surface area contributed by atoms with Gasteiger partial charge >= 0.3 is 29.6 Å². The average molecular weight is 1450 g/mol. The largest absolute Gasteiger partial charge is 1.00 e. The molecule has 0 unspecified atom stereocenters. The van der Waals surface area contributed by atoms with E-state index in [9.17, 15) is 14.0 Å². The second-order valence-electron chi connectivity index (χ2n) is 25.2. The molecule has 0 radical (unpaired) electrons. The van der Waals surface area contributed by atoms with Gasteiger partial charge in [0.05, 0.1) is 84.8 Å².